The van der Waals surface area contributed by atoms with E-state index in [1.807, 2.05) is 54.7 Å². The first-order valence-electron chi connectivity index (χ1n) is 9.84. The van der Waals surface area contributed by atoms with Gasteiger partial charge >= 0.3 is 0 Å². The minimum atomic E-state index is -0.146. The molecule has 0 saturated carbocycles. The molecule has 0 aliphatic carbocycles. The van der Waals surface area contributed by atoms with Gasteiger partial charge in [0.2, 0.25) is 0 Å². The van der Waals surface area contributed by atoms with Crippen LogP contribution in [-0.4, -0.2) is 29.6 Å². The monoisotopic (exact) mass is 379 g/mol. The Hall–Kier alpha value is -2.79. The van der Waals surface area contributed by atoms with Crippen LogP contribution in [0.1, 0.15) is 44.0 Å². The third-order valence-corrected chi connectivity index (χ3v) is 5.04. The van der Waals surface area contributed by atoms with E-state index >= 15 is 0 Å². The quantitative estimate of drug-likeness (QED) is 0.460. The van der Waals surface area contributed by atoms with Gasteiger partial charge in [-0.3, -0.25) is 4.79 Å². The molecular weight excluding hydrogens is 350 g/mol. The summed E-state index contributed by atoms with van der Waals surface area (Å²) in [5, 5.41) is 7.42. The third-order valence-electron chi connectivity index (χ3n) is 5.04. The number of benzene rings is 2. The predicted molar refractivity (Wildman–Crippen MR) is 115 cm³/mol. The Labute approximate surface area is 166 Å². The topological polar surface area (TPSA) is 66.2 Å². The Kier molecular flexibility index (Phi) is 6.37. The lowest BCUT2D eigenvalue weighted by atomic mass is 10.0. The number of carbonyl (C=O) groups excluding carboxylic acids is 1. The first-order chi connectivity index (χ1) is 13.5. The molecule has 5 heteroatoms. The molecule has 2 aromatic carbocycles. The van der Waals surface area contributed by atoms with E-state index in [9.17, 15) is 4.79 Å². The van der Waals surface area contributed by atoms with Crippen LogP contribution in [0.4, 0.5) is 5.69 Å². The van der Waals surface area contributed by atoms with Gasteiger partial charge in [0.25, 0.3) is 5.91 Å². The molecule has 28 heavy (non-hydrogen) atoms. The Bertz CT molecular complexity index is 930. The molecule has 0 unspecified atom stereocenters. The van der Waals surface area contributed by atoms with Crippen molar-refractivity contribution in [3.8, 4) is 5.75 Å². The number of amides is 1. The van der Waals surface area contributed by atoms with Crippen LogP contribution < -0.4 is 15.4 Å². The van der Waals surface area contributed by atoms with E-state index in [4.69, 9.17) is 4.74 Å². The van der Waals surface area contributed by atoms with Crippen molar-refractivity contribution in [2.75, 3.05) is 18.5 Å². The fourth-order valence-electron chi connectivity index (χ4n) is 2.97. The standard InChI is InChI=1S/C23H29N3O2/c1-4-23(2,3)25-14-8-16-28-21-12-6-5-10-20(21)26-22(27)18-9-7-11-19-17(18)13-15-24-19/h5-7,9-13,15,24-25H,4,8,14,16H2,1-3H3,(H,26,27). The zero-order valence-electron chi connectivity index (χ0n) is 16.8. The summed E-state index contributed by atoms with van der Waals surface area (Å²) in [6.07, 6.45) is 3.82. The van der Waals surface area contributed by atoms with Gasteiger partial charge in [0, 0.05) is 28.2 Å². The average Bonchev–Trinajstić information content (AvgIpc) is 3.17. The number of nitrogens with one attached hydrogen (secondary N) is 3. The summed E-state index contributed by atoms with van der Waals surface area (Å²) in [6, 6.07) is 15.1. The number of ether oxygens (including phenoxy) is 1. The second-order valence-corrected chi connectivity index (χ2v) is 7.56. The fourth-order valence-corrected chi connectivity index (χ4v) is 2.97. The van der Waals surface area contributed by atoms with E-state index in [0.29, 0.717) is 23.6 Å². The van der Waals surface area contributed by atoms with E-state index in [0.717, 1.165) is 30.3 Å². The van der Waals surface area contributed by atoms with Crippen LogP contribution in [0, 0.1) is 0 Å². The van der Waals surface area contributed by atoms with E-state index in [1.54, 1.807) is 0 Å². The Balaban J connectivity index is 1.61. The number of H-pyrrole nitrogens is 1. The largest absolute Gasteiger partial charge is 0.491 e. The van der Waals surface area contributed by atoms with Crippen molar-refractivity contribution in [3.63, 3.8) is 0 Å². The normalized spacial score (nSPS) is 11.5. The number of para-hydroxylation sites is 2. The van der Waals surface area contributed by atoms with Crippen molar-refractivity contribution < 1.29 is 9.53 Å². The summed E-state index contributed by atoms with van der Waals surface area (Å²) in [4.78, 5) is 15.9. The molecule has 0 saturated heterocycles. The van der Waals surface area contributed by atoms with Crippen LogP contribution in [0.3, 0.4) is 0 Å². The zero-order chi connectivity index (χ0) is 20.0. The average molecular weight is 380 g/mol. The van der Waals surface area contributed by atoms with Crippen molar-refractivity contribution in [1.29, 1.82) is 0 Å². The van der Waals surface area contributed by atoms with Gasteiger partial charge in [0.05, 0.1) is 12.3 Å². The number of fused-ring (bicyclic) bond motifs is 1. The Morgan fingerprint density at radius 3 is 2.75 bits per heavy atom. The van der Waals surface area contributed by atoms with Gasteiger partial charge in [-0.15, -0.1) is 0 Å². The van der Waals surface area contributed by atoms with Crippen LogP contribution in [0.5, 0.6) is 5.75 Å². The van der Waals surface area contributed by atoms with Crippen LogP contribution in [0.2, 0.25) is 0 Å². The number of rotatable bonds is 9. The minimum absolute atomic E-state index is 0.144. The smallest absolute Gasteiger partial charge is 0.256 e. The van der Waals surface area contributed by atoms with Gasteiger partial charge in [-0.2, -0.15) is 0 Å². The summed E-state index contributed by atoms with van der Waals surface area (Å²) >= 11 is 0. The van der Waals surface area contributed by atoms with E-state index < -0.39 is 0 Å². The Morgan fingerprint density at radius 2 is 1.93 bits per heavy atom. The fraction of sp³-hybridized carbons (Fsp3) is 0.348. The van der Waals surface area contributed by atoms with Crippen molar-refractivity contribution in [1.82, 2.24) is 10.3 Å². The lowest BCUT2D eigenvalue weighted by Crippen LogP contribution is -2.39. The number of anilines is 1. The van der Waals surface area contributed by atoms with Gasteiger partial charge in [-0.25, -0.2) is 0 Å². The van der Waals surface area contributed by atoms with Gasteiger partial charge < -0.3 is 20.4 Å². The van der Waals surface area contributed by atoms with Crippen molar-refractivity contribution in [2.24, 2.45) is 0 Å². The molecule has 0 radical (unpaired) electrons. The van der Waals surface area contributed by atoms with E-state index in [-0.39, 0.29) is 11.4 Å². The van der Waals surface area contributed by atoms with Crippen LogP contribution in [0.15, 0.2) is 54.7 Å². The molecule has 1 aromatic heterocycles. The molecule has 3 N–H and O–H groups in total. The van der Waals surface area contributed by atoms with Gasteiger partial charge in [0.1, 0.15) is 5.75 Å². The molecule has 0 bridgehead atoms. The maximum atomic E-state index is 12.8. The molecule has 1 heterocycles. The SMILES string of the molecule is CCC(C)(C)NCCCOc1ccccc1NC(=O)c1cccc2[nH]ccc12. The number of hydrogen-bond donors (Lipinski definition) is 3. The summed E-state index contributed by atoms with van der Waals surface area (Å²) in [7, 11) is 0. The van der Waals surface area contributed by atoms with Crippen LogP contribution >= 0.6 is 0 Å². The molecule has 0 atom stereocenters. The third kappa shape index (κ3) is 4.93. The summed E-state index contributed by atoms with van der Waals surface area (Å²) in [5.41, 5.74) is 2.41. The molecule has 3 rings (SSSR count). The number of aromatic nitrogens is 1. The van der Waals surface area contributed by atoms with Gasteiger partial charge in [0.15, 0.2) is 0 Å². The predicted octanol–water partition coefficient (Wildman–Crippen LogP) is 4.97. The molecule has 0 fully saturated rings. The Morgan fingerprint density at radius 1 is 1.11 bits per heavy atom. The number of aromatic amines is 1. The number of carbonyl (C=O) groups is 1. The molecular formula is C23H29N3O2. The van der Waals surface area contributed by atoms with Crippen molar-refractivity contribution >= 4 is 22.5 Å². The van der Waals surface area contributed by atoms with Crippen molar-refractivity contribution in [3.05, 3.63) is 60.3 Å². The first kappa shape index (κ1) is 20.0. The first-order valence-corrected chi connectivity index (χ1v) is 9.84. The molecule has 3 aromatic rings. The molecule has 0 aliphatic heterocycles. The molecule has 148 valence electrons. The second-order valence-electron chi connectivity index (χ2n) is 7.56. The molecule has 0 aliphatic rings. The summed E-state index contributed by atoms with van der Waals surface area (Å²) < 4.78 is 5.93. The summed E-state index contributed by atoms with van der Waals surface area (Å²) in [5.74, 6) is 0.541. The minimum Gasteiger partial charge on any atom is -0.491 e. The van der Waals surface area contributed by atoms with Crippen molar-refractivity contribution in [2.45, 2.75) is 39.2 Å². The lowest BCUT2D eigenvalue weighted by Gasteiger charge is -2.24. The molecule has 1 amide bonds. The lowest BCUT2D eigenvalue weighted by molar-refractivity contribution is 0.102. The highest BCUT2D eigenvalue weighted by Crippen LogP contribution is 2.26. The van der Waals surface area contributed by atoms with Gasteiger partial charge in [-0.05, 0) is 63.6 Å². The maximum absolute atomic E-state index is 12.8. The van der Waals surface area contributed by atoms with Crippen LogP contribution in [0.25, 0.3) is 10.9 Å². The van der Waals surface area contributed by atoms with Crippen LogP contribution in [-0.2, 0) is 0 Å². The maximum Gasteiger partial charge on any atom is 0.256 e. The molecule has 5 nitrogen and oxygen atoms in total. The zero-order valence-corrected chi connectivity index (χ0v) is 16.8. The van der Waals surface area contributed by atoms with E-state index in [1.165, 1.54) is 0 Å². The second kappa shape index (κ2) is 8.93. The van der Waals surface area contributed by atoms with E-state index in [2.05, 4.69) is 36.4 Å². The van der Waals surface area contributed by atoms with Gasteiger partial charge in [-0.1, -0.05) is 25.1 Å². The summed E-state index contributed by atoms with van der Waals surface area (Å²) in [6.45, 7) is 8.06. The highest BCUT2D eigenvalue weighted by molar-refractivity contribution is 6.12. The highest BCUT2D eigenvalue weighted by atomic mass is 16.5. The highest BCUT2D eigenvalue weighted by Gasteiger charge is 2.14. The number of hydrogen-bond acceptors (Lipinski definition) is 3. The molecule has 0 spiro atoms.